The van der Waals surface area contributed by atoms with Crippen molar-refractivity contribution >= 4 is 11.8 Å². The molecular formula is C17H17FN2S. The fraction of sp³-hybridized carbons (Fsp3) is 0.235. The van der Waals surface area contributed by atoms with Crippen molar-refractivity contribution in [3.63, 3.8) is 0 Å². The van der Waals surface area contributed by atoms with Gasteiger partial charge in [-0.05, 0) is 42.0 Å². The van der Waals surface area contributed by atoms with Crippen molar-refractivity contribution in [2.75, 3.05) is 0 Å². The standard InChI is InChI=1S/C17H17FN2S/c1-12(2)20-11-13-3-8-17(14(9-13)10-19)21-16-6-4-15(18)5-7-16/h3-9,12,20H,11H2,1-2H3. The van der Waals surface area contributed by atoms with E-state index in [0.717, 1.165) is 21.9 Å². The number of halogens is 1. The van der Waals surface area contributed by atoms with E-state index < -0.39 is 0 Å². The maximum atomic E-state index is 12.9. The Bertz CT molecular complexity index is 645. The number of nitriles is 1. The fourth-order valence-electron chi connectivity index (χ4n) is 1.82. The van der Waals surface area contributed by atoms with Gasteiger partial charge in [0, 0.05) is 22.4 Å². The van der Waals surface area contributed by atoms with Crippen LogP contribution in [0.2, 0.25) is 0 Å². The minimum absolute atomic E-state index is 0.255. The summed E-state index contributed by atoms with van der Waals surface area (Å²) >= 11 is 1.47. The van der Waals surface area contributed by atoms with Crippen LogP contribution in [0.1, 0.15) is 25.0 Å². The van der Waals surface area contributed by atoms with E-state index in [-0.39, 0.29) is 5.82 Å². The summed E-state index contributed by atoms with van der Waals surface area (Å²) in [4.78, 5) is 1.80. The normalized spacial score (nSPS) is 10.6. The third-order valence-corrected chi connectivity index (χ3v) is 4.00. The highest BCUT2D eigenvalue weighted by Gasteiger charge is 2.06. The van der Waals surface area contributed by atoms with Crippen LogP contribution in [0.15, 0.2) is 52.3 Å². The fourth-order valence-corrected chi connectivity index (χ4v) is 2.69. The Balaban J connectivity index is 2.16. The highest BCUT2D eigenvalue weighted by atomic mass is 32.2. The predicted octanol–water partition coefficient (Wildman–Crippen LogP) is 4.35. The molecule has 4 heteroatoms. The zero-order chi connectivity index (χ0) is 15.2. The van der Waals surface area contributed by atoms with Crippen molar-refractivity contribution in [2.24, 2.45) is 0 Å². The first kappa shape index (κ1) is 15.6. The van der Waals surface area contributed by atoms with Crippen LogP contribution in [-0.4, -0.2) is 6.04 Å². The van der Waals surface area contributed by atoms with Gasteiger partial charge in [0.25, 0.3) is 0 Å². The molecule has 1 N–H and O–H groups in total. The number of nitrogens with one attached hydrogen (secondary N) is 1. The lowest BCUT2D eigenvalue weighted by atomic mass is 10.1. The largest absolute Gasteiger partial charge is 0.310 e. The molecule has 0 aromatic heterocycles. The van der Waals surface area contributed by atoms with Crippen molar-refractivity contribution in [1.29, 1.82) is 5.26 Å². The Hall–Kier alpha value is -1.83. The van der Waals surface area contributed by atoms with Gasteiger partial charge in [0.05, 0.1) is 5.56 Å². The molecule has 21 heavy (non-hydrogen) atoms. The molecule has 2 aromatic carbocycles. The Labute approximate surface area is 129 Å². The van der Waals surface area contributed by atoms with Crippen LogP contribution >= 0.6 is 11.8 Å². The Kier molecular flexibility index (Phi) is 5.38. The first-order valence-electron chi connectivity index (χ1n) is 6.78. The zero-order valence-electron chi connectivity index (χ0n) is 12.1. The van der Waals surface area contributed by atoms with E-state index in [0.29, 0.717) is 11.6 Å². The van der Waals surface area contributed by atoms with Crippen LogP contribution in [0, 0.1) is 17.1 Å². The van der Waals surface area contributed by atoms with Crippen molar-refractivity contribution in [2.45, 2.75) is 36.2 Å². The van der Waals surface area contributed by atoms with E-state index in [4.69, 9.17) is 0 Å². The third-order valence-electron chi connectivity index (χ3n) is 2.92. The SMILES string of the molecule is CC(C)NCc1ccc(Sc2ccc(F)cc2)c(C#N)c1. The van der Waals surface area contributed by atoms with Crippen LogP contribution in [-0.2, 0) is 6.54 Å². The summed E-state index contributed by atoms with van der Waals surface area (Å²) in [5.74, 6) is -0.255. The maximum absolute atomic E-state index is 12.9. The lowest BCUT2D eigenvalue weighted by Crippen LogP contribution is -2.21. The van der Waals surface area contributed by atoms with Crippen molar-refractivity contribution in [3.8, 4) is 6.07 Å². The van der Waals surface area contributed by atoms with Crippen LogP contribution in [0.25, 0.3) is 0 Å². The topological polar surface area (TPSA) is 35.8 Å². The van der Waals surface area contributed by atoms with Crippen LogP contribution in [0.3, 0.4) is 0 Å². The van der Waals surface area contributed by atoms with Crippen LogP contribution in [0.4, 0.5) is 4.39 Å². The molecule has 108 valence electrons. The molecule has 0 radical (unpaired) electrons. The molecule has 0 fully saturated rings. The molecule has 0 aliphatic heterocycles. The molecule has 0 aliphatic rings. The van der Waals surface area contributed by atoms with E-state index >= 15 is 0 Å². The Morgan fingerprint density at radius 1 is 1.19 bits per heavy atom. The monoisotopic (exact) mass is 300 g/mol. The quantitative estimate of drug-likeness (QED) is 0.892. The van der Waals surface area contributed by atoms with E-state index in [2.05, 4.69) is 25.2 Å². The summed E-state index contributed by atoms with van der Waals surface area (Å²) in [5, 5.41) is 12.6. The van der Waals surface area contributed by atoms with Gasteiger partial charge in [0.1, 0.15) is 11.9 Å². The van der Waals surface area contributed by atoms with Gasteiger partial charge in [-0.15, -0.1) is 0 Å². The molecule has 0 atom stereocenters. The van der Waals surface area contributed by atoms with Gasteiger partial charge in [-0.3, -0.25) is 0 Å². The Morgan fingerprint density at radius 2 is 1.90 bits per heavy atom. The molecule has 0 unspecified atom stereocenters. The highest BCUT2D eigenvalue weighted by molar-refractivity contribution is 7.99. The van der Waals surface area contributed by atoms with Gasteiger partial charge in [-0.2, -0.15) is 5.26 Å². The van der Waals surface area contributed by atoms with E-state index in [9.17, 15) is 9.65 Å². The second kappa shape index (κ2) is 7.26. The molecule has 0 bridgehead atoms. The molecule has 0 saturated carbocycles. The Morgan fingerprint density at radius 3 is 2.52 bits per heavy atom. The van der Waals surface area contributed by atoms with Crippen LogP contribution < -0.4 is 5.32 Å². The van der Waals surface area contributed by atoms with Gasteiger partial charge in [-0.1, -0.05) is 31.7 Å². The van der Waals surface area contributed by atoms with Gasteiger partial charge >= 0.3 is 0 Å². The molecular weight excluding hydrogens is 283 g/mol. The second-order valence-electron chi connectivity index (χ2n) is 5.03. The minimum Gasteiger partial charge on any atom is -0.310 e. The molecule has 0 spiro atoms. The lowest BCUT2D eigenvalue weighted by molar-refractivity contribution is 0.588. The number of benzene rings is 2. The average Bonchev–Trinajstić information content (AvgIpc) is 2.48. The number of hydrogen-bond acceptors (Lipinski definition) is 3. The number of rotatable bonds is 5. The molecule has 0 heterocycles. The van der Waals surface area contributed by atoms with Crippen molar-refractivity contribution < 1.29 is 4.39 Å². The second-order valence-corrected chi connectivity index (χ2v) is 6.15. The van der Waals surface area contributed by atoms with Crippen molar-refractivity contribution in [1.82, 2.24) is 5.32 Å². The van der Waals surface area contributed by atoms with Gasteiger partial charge in [0.2, 0.25) is 0 Å². The summed E-state index contributed by atoms with van der Waals surface area (Å²) < 4.78 is 12.9. The van der Waals surface area contributed by atoms with Crippen LogP contribution in [0.5, 0.6) is 0 Å². The number of nitrogens with zero attached hydrogens (tertiary/aromatic N) is 1. The maximum Gasteiger partial charge on any atom is 0.123 e. The zero-order valence-corrected chi connectivity index (χ0v) is 12.9. The summed E-state index contributed by atoms with van der Waals surface area (Å²) in [7, 11) is 0. The van der Waals surface area contributed by atoms with E-state index in [1.54, 1.807) is 12.1 Å². The molecule has 2 rings (SSSR count). The van der Waals surface area contributed by atoms with Gasteiger partial charge < -0.3 is 5.32 Å². The van der Waals surface area contributed by atoms with E-state index in [1.165, 1.54) is 23.9 Å². The first-order valence-corrected chi connectivity index (χ1v) is 7.60. The van der Waals surface area contributed by atoms with Gasteiger partial charge in [0.15, 0.2) is 0 Å². The van der Waals surface area contributed by atoms with Crippen molar-refractivity contribution in [3.05, 3.63) is 59.4 Å². The highest BCUT2D eigenvalue weighted by Crippen LogP contribution is 2.30. The molecule has 2 aromatic rings. The summed E-state index contributed by atoms with van der Waals surface area (Å²) in [5.41, 5.74) is 1.73. The molecule has 0 saturated heterocycles. The minimum atomic E-state index is -0.255. The molecule has 0 aliphatic carbocycles. The summed E-state index contributed by atoms with van der Waals surface area (Å²) in [6, 6.07) is 14.8. The third kappa shape index (κ3) is 4.59. The predicted molar refractivity (Wildman–Crippen MR) is 83.7 cm³/mol. The summed E-state index contributed by atoms with van der Waals surface area (Å²) in [6.07, 6.45) is 0. The smallest absolute Gasteiger partial charge is 0.123 e. The first-order chi connectivity index (χ1) is 10.1. The lowest BCUT2D eigenvalue weighted by Gasteiger charge is -2.10. The number of hydrogen-bond donors (Lipinski definition) is 1. The summed E-state index contributed by atoms with van der Waals surface area (Å²) in [6.45, 7) is 4.92. The molecule has 2 nitrogen and oxygen atoms in total. The average molecular weight is 300 g/mol. The molecule has 0 amide bonds. The van der Waals surface area contributed by atoms with Gasteiger partial charge in [-0.25, -0.2) is 4.39 Å². The van der Waals surface area contributed by atoms with E-state index in [1.807, 2.05) is 18.2 Å².